The summed E-state index contributed by atoms with van der Waals surface area (Å²) in [5, 5.41) is 3.96. The van der Waals surface area contributed by atoms with Gasteiger partial charge in [0.05, 0.1) is 17.7 Å². The predicted molar refractivity (Wildman–Crippen MR) is 131 cm³/mol. The van der Waals surface area contributed by atoms with Crippen LogP contribution >= 0.6 is 0 Å². The van der Waals surface area contributed by atoms with Crippen LogP contribution in [0.5, 0.6) is 0 Å². The van der Waals surface area contributed by atoms with E-state index in [-0.39, 0.29) is 23.7 Å². The van der Waals surface area contributed by atoms with E-state index in [1.54, 1.807) is 11.0 Å². The summed E-state index contributed by atoms with van der Waals surface area (Å²) < 4.78 is 18.1. The molecule has 1 aliphatic carbocycles. The van der Waals surface area contributed by atoms with Crippen LogP contribution in [0.1, 0.15) is 69.3 Å². The van der Waals surface area contributed by atoms with Gasteiger partial charge in [-0.05, 0) is 56.5 Å². The Kier molecular flexibility index (Phi) is 5.96. The van der Waals surface area contributed by atoms with Crippen LogP contribution < -0.4 is 5.32 Å². The van der Waals surface area contributed by atoms with Crippen LogP contribution in [0.4, 0.5) is 4.39 Å². The van der Waals surface area contributed by atoms with Crippen molar-refractivity contribution in [3.8, 4) is 5.69 Å². The topological polar surface area (TPSA) is 59.3 Å². The Hall–Kier alpha value is -3.09. The predicted octanol–water partition coefficient (Wildman–Crippen LogP) is 5.03. The van der Waals surface area contributed by atoms with Crippen LogP contribution in [0, 0.1) is 5.82 Å². The Morgan fingerprint density at radius 1 is 1.15 bits per heavy atom. The molecule has 1 unspecified atom stereocenters. The van der Waals surface area contributed by atoms with Crippen LogP contribution in [0.3, 0.4) is 0 Å². The number of amides is 2. The highest BCUT2D eigenvalue weighted by molar-refractivity contribution is 6.09. The largest absolute Gasteiger partial charge is 0.351 e. The number of nitrogens with zero attached hydrogens (tertiary/aromatic N) is 3. The fourth-order valence-corrected chi connectivity index (χ4v) is 5.71. The molecule has 1 aromatic carbocycles. The lowest BCUT2D eigenvalue weighted by Gasteiger charge is -2.44. The maximum Gasteiger partial charge on any atom is 0.273 e. The normalized spacial score (nSPS) is 21.5. The smallest absolute Gasteiger partial charge is 0.273 e. The minimum Gasteiger partial charge on any atom is -0.351 e. The number of nitrogens with one attached hydrogen (secondary N) is 1. The van der Waals surface area contributed by atoms with E-state index in [1.165, 1.54) is 25.0 Å². The highest BCUT2D eigenvalue weighted by Crippen LogP contribution is 2.38. The number of aromatic nitrogens is 2. The van der Waals surface area contributed by atoms with Gasteiger partial charge in [-0.25, -0.2) is 4.39 Å². The zero-order chi connectivity index (χ0) is 23.9. The molecule has 6 nitrogen and oxygen atoms in total. The third-order valence-electron chi connectivity index (χ3n) is 7.50. The summed E-state index contributed by atoms with van der Waals surface area (Å²) in [7, 11) is 0. The van der Waals surface area contributed by atoms with Crippen LogP contribution in [0.25, 0.3) is 16.6 Å². The molecule has 1 fully saturated rings. The maximum atomic E-state index is 14.3. The van der Waals surface area contributed by atoms with E-state index in [2.05, 4.69) is 5.32 Å². The van der Waals surface area contributed by atoms with Crippen molar-refractivity contribution in [2.45, 2.75) is 76.9 Å². The zero-order valence-corrected chi connectivity index (χ0v) is 20.0. The van der Waals surface area contributed by atoms with Gasteiger partial charge in [-0.2, -0.15) is 0 Å². The number of carbonyl (C=O) groups excluding carboxylic acids is 2. The van der Waals surface area contributed by atoms with Crippen molar-refractivity contribution in [3.63, 3.8) is 0 Å². The molecule has 2 aromatic heterocycles. The van der Waals surface area contributed by atoms with Gasteiger partial charge in [0.2, 0.25) is 5.91 Å². The average molecular weight is 465 g/mol. The van der Waals surface area contributed by atoms with Gasteiger partial charge in [-0.15, -0.1) is 0 Å². The second kappa shape index (κ2) is 8.93. The summed E-state index contributed by atoms with van der Waals surface area (Å²) in [4.78, 5) is 29.6. The van der Waals surface area contributed by atoms with E-state index >= 15 is 0 Å². The number of rotatable bonds is 5. The Morgan fingerprint density at radius 2 is 1.85 bits per heavy atom. The molecule has 0 spiro atoms. The first-order valence-electron chi connectivity index (χ1n) is 12.5. The van der Waals surface area contributed by atoms with Gasteiger partial charge in [0.15, 0.2) is 0 Å². The molecule has 3 heterocycles. The third kappa shape index (κ3) is 3.71. The van der Waals surface area contributed by atoms with Crippen LogP contribution in [0.2, 0.25) is 0 Å². The lowest BCUT2D eigenvalue weighted by Crippen LogP contribution is -2.65. The fourth-order valence-electron chi connectivity index (χ4n) is 5.71. The number of halogens is 1. The summed E-state index contributed by atoms with van der Waals surface area (Å²) in [6, 6.07) is 8.54. The van der Waals surface area contributed by atoms with Crippen molar-refractivity contribution in [3.05, 3.63) is 54.2 Å². The standard InChI is InChI=1S/C27H33FN4O2/c1-3-14-32-25(33)24-23(30-15-8-9-16-30)21-17-19(28)12-13-22(21)31(24)18-27(32,2)26(34)29-20-10-6-4-5-7-11-20/h8-9,12-13,15-17,20H,3-7,10-11,14,18H2,1-2H3,(H,29,34). The van der Waals surface area contributed by atoms with Gasteiger partial charge in [0, 0.05) is 30.4 Å². The molecule has 1 saturated carbocycles. The van der Waals surface area contributed by atoms with E-state index in [0.29, 0.717) is 29.9 Å². The molecule has 5 rings (SSSR count). The van der Waals surface area contributed by atoms with Crippen LogP contribution in [-0.4, -0.2) is 44.0 Å². The van der Waals surface area contributed by atoms with Crippen molar-refractivity contribution in [2.24, 2.45) is 0 Å². The van der Waals surface area contributed by atoms with Crippen molar-refractivity contribution >= 4 is 22.7 Å². The fraction of sp³-hybridized carbons (Fsp3) is 0.481. The summed E-state index contributed by atoms with van der Waals surface area (Å²) >= 11 is 0. The number of fused-ring (bicyclic) bond motifs is 3. The molecule has 7 heteroatoms. The third-order valence-corrected chi connectivity index (χ3v) is 7.50. The molecule has 0 bridgehead atoms. The molecule has 0 saturated heterocycles. The minimum absolute atomic E-state index is 0.0988. The first-order valence-corrected chi connectivity index (χ1v) is 12.5. The Morgan fingerprint density at radius 3 is 2.53 bits per heavy atom. The Bertz CT molecular complexity index is 1210. The molecule has 1 aliphatic heterocycles. The maximum absolute atomic E-state index is 14.3. The molecule has 34 heavy (non-hydrogen) atoms. The van der Waals surface area contributed by atoms with E-state index in [4.69, 9.17) is 0 Å². The molecular formula is C27H33FN4O2. The minimum atomic E-state index is -1.03. The number of hydrogen-bond donors (Lipinski definition) is 1. The van der Waals surface area contributed by atoms with Gasteiger partial charge in [0.1, 0.15) is 17.1 Å². The monoisotopic (exact) mass is 464 g/mol. The van der Waals surface area contributed by atoms with Gasteiger partial charge in [0.25, 0.3) is 5.91 Å². The summed E-state index contributed by atoms with van der Waals surface area (Å²) in [6.45, 7) is 4.70. The van der Waals surface area contributed by atoms with Crippen LogP contribution in [-0.2, 0) is 11.3 Å². The highest BCUT2D eigenvalue weighted by atomic mass is 19.1. The summed E-state index contributed by atoms with van der Waals surface area (Å²) in [5.41, 5.74) is 0.903. The quantitative estimate of drug-likeness (QED) is 0.538. The summed E-state index contributed by atoms with van der Waals surface area (Å²) in [5.74, 6) is -0.638. The number of carbonyl (C=O) groups is 2. The van der Waals surface area contributed by atoms with Gasteiger partial charge in [-0.3, -0.25) is 9.59 Å². The molecule has 3 aromatic rings. The lowest BCUT2D eigenvalue weighted by atomic mass is 9.93. The zero-order valence-electron chi connectivity index (χ0n) is 20.0. The second-order valence-corrected chi connectivity index (χ2v) is 9.93. The molecule has 0 radical (unpaired) electrons. The van der Waals surface area contributed by atoms with E-state index in [1.807, 2.05) is 47.5 Å². The molecule has 2 amide bonds. The SMILES string of the molecule is CCCN1C(=O)c2c(-n3cccc3)c3cc(F)ccc3n2CC1(C)C(=O)NC1CCCCCC1. The van der Waals surface area contributed by atoms with E-state index in [9.17, 15) is 14.0 Å². The number of hydrogen-bond acceptors (Lipinski definition) is 2. The van der Waals surface area contributed by atoms with Gasteiger partial charge in [-0.1, -0.05) is 32.6 Å². The number of benzene rings is 1. The molecule has 1 atom stereocenters. The van der Waals surface area contributed by atoms with E-state index < -0.39 is 5.54 Å². The lowest BCUT2D eigenvalue weighted by molar-refractivity contribution is -0.133. The van der Waals surface area contributed by atoms with Crippen molar-refractivity contribution < 1.29 is 14.0 Å². The molecule has 1 N–H and O–H groups in total. The van der Waals surface area contributed by atoms with Crippen molar-refractivity contribution in [2.75, 3.05) is 6.54 Å². The molecule has 2 aliphatic rings. The first-order chi connectivity index (χ1) is 16.4. The van der Waals surface area contributed by atoms with Crippen LogP contribution in [0.15, 0.2) is 42.7 Å². The van der Waals surface area contributed by atoms with Gasteiger partial charge >= 0.3 is 0 Å². The van der Waals surface area contributed by atoms with Crippen molar-refractivity contribution in [1.29, 1.82) is 0 Å². The second-order valence-electron chi connectivity index (χ2n) is 9.93. The molecule has 180 valence electrons. The molecular weight excluding hydrogens is 431 g/mol. The highest BCUT2D eigenvalue weighted by Gasteiger charge is 2.49. The Balaban J connectivity index is 1.62. The first kappa shape index (κ1) is 22.7. The Labute approximate surface area is 199 Å². The van der Waals surface area contributed by atoms with Gasteiger partial charge < -0.3 is 19.4 Å². The summed E-state index contributed by atoms with van der Waals surface area (Å²) in [6.07, 6.45) is 11.1. The van der Waals surface area contributed by atoms with E-state index in [0.717, 1.165) is 37.6 Å². The van der Waals surface area contributed by atoms with Crippen molar-refractivity contribution in [1.82, 2.24) is 19.4 Å². The average Bonchev–Trinajstić information content (AvgIpc) is 3.36.